The molecule has 1 rings (SSSR count). The highest BCUT2D eigenvalue weighted by atomic mass is 16.1. The number of hydrogen-bond acceptors (Lipinski definition) is 1. The molecule has 0 radical (unpaired) electrons. The van der Waals surface area contributed by atoms with Gasteiger partial charge in [0.25, 0.3) is 0 Å². The first-order valence-electron chi connectivity index (χ1n) is 7.04. The van der Waals surface area contributed by atoms with Gasteiger partial charge in [-0.1, -0.05) is 51.8 Å². The van der Waals surface area contributed by atoms with E-state index in [9.17, 15) is 4.79 Å². The molecule has 1 aromatic rings. The third-order valence-electron chi connectivity index (χ3n) is 2.82. The van der Waals surface area contributed by atoms with Gasteiger partial charge in [0.2, 0.25) is 5.91 Å². The number of carbonyl (C=O) groups is 1. The molecule has 1 amide bonds. The molecule has 0 bridgehead atoms. The van der Waals surface area contributed by atoms with Gasteiger partial charge in [-0.15, -0.1) is 0 Å². The number of benzene rings is 1. The van der Waals surface area contributed by atoms with E-state index in [1.165, 1.54) is 5.56 Å². The first-order valence-corrected chi connectivity index (χ1v) is 7.04. The molecule has 0 fully saturated rings. The SMILES string of the molecule is CC.CCCC(CC)C(=O)Nc1ccc(C)cc1. The third kappa shape index (κ3) is 5.85. The van der Waals surface area contributed by atoms with E-state index < -0.39 is 0 Å². The van der Waals surface area contributed by atoms with Crippen molar-refractivity contribution < 1.29 is 4.79 Å². The van der Waals surface area contributed by atoms with Crippen molar-refractivity contribution in [1.29, 1.82) is 0 Å². The Morgan fingerprint density at radius 1 is 1.17 bits per heavy atom. The standard InChI is InChI=1S/C14H21NO.C2H6/c1-4-6-12(5-2)14(16)15-13-9-7-11(3)8-10-13;1-2/h7-10,12H,4-6H2,1-3H3,(H,15,16);1-2H3. The van der Waals surface area contributed by atoms with E-state index in [0.29, 0.717) is 0 Å². The summed E-state index contributed by atoms with van der Waals surface area (Å²) < 4.78 is 0. The molecular formula is C16H27NO. The molecule has 0 aliphatic carbocycles. The minimum atomic E-state index is 0.145. The van der Waals surface area contributed by atoms with Gasteiger partial charge in [-0.2, -0.15) is 0 Å². The van der Waals surface area contributed by atoms with Gasteiger partial charge in [-0.05, 0) is 31.9 Å². The molecule has 0 saturated carbocycles. The summed E-state index contributed by atoms with van der Waals surface area (Å²) >= 11 is 0. The second kappa shape index (κ2) is 9.69. The lowest BCUT2D eigenvalue weighted by atomic mass is 10.00. The first kappa shape index (κ1) is 16.7. The van der Waals surface area contributed by atoms with Crippen molar-refractivity contribution in [2.75, 3.05) is 5.32 Å². The highest BCUT2D eigenvalue weighted by Crippen LogP contribution is 2.15. The fourth-order valence-corrected chi connectivity index (χ4v) is 1.75. The predicted molar refractivity (Wildman–Crippen MR) is 79.8 cm³/mol. The number of hydrogen-bond donors (Lipinski definition) is 1. The van der Waals surface area contributed by atoms with E-state index in [0.717, 1.165) is 24.9 Å². The second-order valence-electron chi connectivity index (χ2n) is 4.25. The summed E-state index contributed by atoms with van der Waals surface area (Å²) in [5.74, 6) is 0.291. The molecule has 1 atom stereocenters. The molecule has 1 aromatic carbocycles. The van der Waals surface area contributed by atoms with E-state index in [-0.39, 0.29) is 11.8 Å². The van der Waals surface area contributed by atoms with E-state index in [1.54, 1.807) is 0 Å². The summed E-state index contributed by atoms with van der Waals surface area (Å²) in [5.41, 5.74) is 2.10. The third-order valence-corrected chi connectivity index (χ3v) is 2.82. The Morgan fingerprint density at radius 3 is 2.17 bits per heavy atom. The molecule has 2 nitrogen and oxygen atoms in total. The average molecular weight is 249 g/mol. The topological polar surface area (TPSA) is 29.1 Å². The fraction of sp³-hybridized carbons (Fsp3) is 0.562. The molecule has 0 aromatic heterocycles. The number of anilines is 1. The molecule has 0 heterocycles. The van der Waals surface area contributed by atoms with Crippen molar-refractivity contribution in [2.24, 2.45) is 5.92 Å². The Bertz CT molecular complexity index is 329. The molecule has 0 spiro atoms. The van der Waals surface area contributed by atoms with Gasteiger partial charge in [0.05, 0.1) is 0 Å². The van der Waals surface area contributed by atoms with Crippen LogP contribution in [0.1, 0.15) is 52.5 Å². The van der Waals surface area contributed by atoms with Crippen molar-refractivity contribution in [3.63, 3.8) is 0 Å². The van der Waals surface area contributed by atoms with Crippen LogP contribution < -0.4 is 5.32 Å². The normalized spacial score (nSPS) is 11.2. The molecular weight excluding hydrogens is 222 g/mol. The van der Waals surface area contributed by atoms with Gasteiger partial charge in [0.1, 0.15) is 0 Å². The number of carbonyl (C=O) groups excluding carboxylic acids is 1. The minimum Gasteiger partial charge on any atom is -0.326 e. The molecule has 1 unspecified atom stereocenters. The Labute approximate surface area is 112 Å². The van der Waals surface area contributed by atoms with Crippen molar-refractivity contribution in [3.05, 3.63) is 29.8 Å². The van der Waals surface area contributed by atoms with E-state index >= 15 is 0 Å². The lowest BCUT2D eigenvalue weighted by Crippen LogP contribution is -2.22. The van der Waals surface area contributed by atoms with Crippen LogP contribution in [0.3, 0.4) is 0 Å². The number of rotatable bonds is 5. The lowest BCUT2D eigenvalue weighted by Gasteiger charge is -2.13. The maximum atomic E-state index is 11.9. The Morgan fingerprint density at radius 2 is 1.72 bits per heavy atom. The Balaban J connectivity index is 0.00000137. The van der Waals surface area contributed by atoms with Gasteiger partial charge in [-0.25, -0.2) is 0 Å². The summed E-state index contributed by atoms with van der Waals surface area (Å²) in [6.45, 7) is 10.2. The lowest BCUT2D eigenvalue weighted by molar-refractivity contribution is -0.120. The zero-order valence-corrected chi connectivity index (χ0v) is 12.4. The summed E-state index contributed by atoms with van der Waals surface area (Å²) in [4.78, 5) is 11.9. The number of nitrogens with one attached hydrogen (secondary N) is 1. The highest BCUT2D eigenvalue weighted by molar-refractivity contribution is 5.92. The Hall–Kier alpha value is -1.31. The van der Waals surface area contributed by atoms with E-state index in [4.69, 9.17) is 0 Å². The fourth-order valence-electron chi connectivity index (χ4n) is 1.75. The molecule has 102 valence electrons. The van der Waals surface area contributed by atoms with Crippen LogP contribution in [0.2, 0.25) is 0 Å². The summed E-state index contributed by atoms with van der Waals surface area (Å²) in [7, 11) is 0. The van der Waals surface area contributed by atoms with Crippen LogP contribution in [-0.4, -0.2) is 5.91 Å². The maximum absolute atomic E-state index is 11.9. The van der Waals surface area contributed by atoms with Gasteiger partial charge in [0, 0.05) is 11.6 Å². The largest absolute Gasteiger partial charge is 0.326 e. The van der Waals surface area contributed by atoms with Crippen molar-refractivity contribution in [1.82, 2.24) is 0 Å². The van der Waals surface area contributed by atoms with E-state index in [1.807, 2.05) is 45.0 Å². The minimum absolute atomic E-state index is 0.145. The van der Waals surface area contributed by atoms with Crippen molar-refractivity contribution >= 4 is 11.6 Å². The summed E-state index contributed by atoms with van der Waals surface area (Å²) in [6, 6.07) is 7.92. The highest BCUT2D eigenvalue weighted by Gasteiger charge is 2.14. The molecule has 1 N–H and O–H groups in total. The van der Waals surface area contributed by atoms with Gasteiger partial charge in [0.15, 0.2) is 0 Å². The monoisotopic (exact) mass is 249 g/mol. The van der Waals surface area contributed by atoms with Crippen molar-refractivity contribution in [2.45, 2.75) is 53.9 Å². The van der Waals surface area contributed by atoms with Crippen LogP contribution in [0, 0.1) is 12.8 Å². The van der Waals surface area contributed by atoms with Gasteiger partial charge in [-0.3, -0.25) is 4.79 Å². The van der Waals surface area contributed by atoms with Crippen molar-refractivity contribution in [3.8, 4) is 0 Å². The summed E-state index contributed by atoms with van der Waals surface area (Å²) in [6.07, 6.45) is 2.93. The Kier molecular flexibility index (Phi) is 8.99. The first-order chi connectivity index (χ1) is 8.67. The van der Waals surface area contributed by atoms with Crippen LogP contribution in [0.25, 0.3) is 0 Å². The second-order valence-corrected chi connectivity index (χ2v) is 4.25. The maximum Gasteiger partial charge on any atom is 0.227 e. The van der Waals surface area contributed by atoms with Crippen LogP contribution >= 0.6 is 0 Å². The van der Waals surface area contributed by atoms with Crippen LogP contribution in [0.4, 0.5) is 5.69 Å². The van der Waals surface area contributed by atoms with Gasteiger partial charge < -0.3 is 5.32 Å². The smallest absolute Gasteiger partial charge is 0.227 e. The zero-order chi connectivity index (χ0) is 14.0. The quantitative estimate of drug-likeness (QED) is 0.799. The van der Waals surface area contributed by atoms with Crippen LogP contribution in [0.5, 0.6) is 0 Å². The van der Waals surface area contributed by atoms with Crippen LogP contribution in [0.15, 0.2) is 24.3 Å². The zero-order valence-electron chi connectivity index (χ0n) is 12.4. The van der Waals surface area contributed by atoms with Gasteiger partial charge >= 0.3 is 0 Å². The predicted octanol–water partition coefficient (Wildman–Crippen LogP) is 4.79. The average Bonchev–Trinajstić information content (AvgIpc) is 2.41. The molecule has 18 heavy (non-hydrogen) atoms. The molecule has 0 aliphatic heterocycles. The molecule has 0 saturated heterocycles. The number of aryl methyl sites for hydroxylation is 1. The molecule has 0 aliphatic rings. The van der Waals surface area contributed by atoms with E-state index in [2.05, 4.69) is 19.2 Å². The molecule has 2 heteroatoms. The number of amides is 1. The summed E-state index contributed by atoms with van der Waals surface area (Å²) in [5, 5.41) is 2.97. The van der Waals surface area contributed by atoms with Crippen LogP contribution in [-0.2, 0) is 4.79 Å².